The number of benzene rings is 1. The van der Waals surface area contributed by atoms with Crippen LogP contribution in [-0.2, 0) is 6.54 Å². The number of piperidine rings is 1. The second-order valence-corrected chi connectivity index (χ2v) is 6.42. The number of aliphatic hydroxyl groups is 1. The van der Waals surface area contributed by atoms with Crippen LogP contribution >= 0.6 is 0 Å². The zero-order valence-electron chi connectivity index (χ0n) is 11.7. The summed E-state index contributed by atoms with van der Waals surface area (Å²) in [5, 5.41) is 10.4. The third-order valence-electron chi connectivity index (χ3n) is 5.05. The van der Waals surface area contributed by atoms with Crippen LogP contribution in [0.5, 0.6) is 0 Å². The first kappa shape index (κ1) is 13.1. The average Bonchev–Trinajstić information content (AvgIpc) is 2.44. The fraction of sp³-hybridized carbons (Fsp3) is 0.647. The number of nitrogens with zero attached hydrogens (tertiary/aromatic N) is 1. The van der Waals surface area contributed by atoms with E-state index >= 15 is 0 Å². The lowest BCUT2D eigenvalue weighted by Crippen LogP contribution is -2.50. The van der Waals surface area contributed by atoms with Crippen molar-refractivity contribution < 1.29 is 5.11 Å². The predicted octanol–water partition coefficient (Wildman–Crippen LogP) is 3.20. The van der Waals surface area contributed by atoms with E-state index in [2.05, 4.69) is 35.2 Å². The van der Waals surface area contributed by atoms with Gasteiger partial charge in [0.2, 0.25) is 0 Å². The van der Waals surface area contributed by atoms with E-state index in [1.165, 1.54) is 44.2 Å². The summed E-state index contributed by atoms with van der Waals surface area (Å²) in [5.41, 5.74) is 1.59. The summed E-state index contributed by atoms with van der Waals surface area (Å²) in [6, 6.07) is 10.7. The second kappa shape index (κ2) is 5.64. The van der Waals surface area contributed by atoms with Crippen molar-refractivity contribution in [3.05, 3.63) is 35.9 Å². The first-order chi connectivity index (χ1) is 9.28. The molecule has 0 amide bonds. The minimum Gasteiger partial charge on any atom is -0.393 e. The molecule has 2 atom stereocenters. The van der Waals surface area contributed by atoms with Crippen LogP contribution in [-0.4, -0.2) is 29.2 Å². The van der Waals surface area contributed by atoms with Gasteiger partial charge in [0.1, 0.15) is 0 Å². The van der Waals surface area contributed by atoms with Crippen LogP contribution in [0.25, 0.3) is 0 Å². The smallest absolute Gasteiger partial charge is 0.0608 e. The molecule has 2 fully saturated rings. The van der Waals surface area contributed by atoms with E-state index in [9.17, 15) is 5.11 Å². The molecule has 1 heterocycles. The van der Waals surface area contributed by atoms with Gasteiger partial charge in [0.15, 0.2) is 0 Å². The minimum atomic E-state index is -0.0696. The lowest BCUT2D eigenvalue weighted by molar-refractivity contribution is -0.0612. The van der Waals surface area contributed by atoms with Gasteiger partial charge in [-0.2, -0.15) is 0 Å². The lowest BCUT2D eigenvalue weighted by atomic mass is 9.67. The van der Waals surface area contributed by atoms with Crippen molar-refractivity contribution in [1.29, 1.82) is 0 Å². The van der Waals surface area contributed by atoms with Crippen LogP contribution in [0, 0.1) is 5.41 Å². The summed E-state index contributed by atoms with van der Waals surface area (Å²) in [6.45, 7) is 3.31. The Bertz CT molecular complexity index is 401. The third-order valence-corrected chi connectivity index (χ3v) is 5.05. The SMILES string of the molecule is O[C@H]1CCCC[C@@]12CCCN(Cc1ccccc1)C2. The number of hydrogen-bond donors (Lipinski definition) is 1. The van der Waals surface area contributed by atoms with Crippen molar-refractivity contribution in [2.75, 3.05) is 13.1 Å². The Labute approximate surface area is 116 Å². The second-order valence-electron chi connectivity index (χ2n) is 6.42. The lowest BCUT2D eigenvalue weighted by Gasteiger charge is -2.48. The van der Waals surface area contributed by atoms with Gasteiger partial charge in [-0.15, -0.1) is 0 Å². The van der Waals surface area contributed by atoms with Crippen molar-refractivity contribution in [3.63, 3.8) is 0 Å². The van der Waals surface area contributed by atoms with E-state index in [0.717, 1.165) is 19.5 Å². The number of aliphatic hydroxyl groups excluding tert-OH is 1. The van der Waals surface area contributed by atoms with E-state index in [1.807, 2.05) is 0 Å². The molecule has 0 bridgehead atoms. The summed E-state index contributed by atoms with van der Waals surface area (Å²) in [4.78, 5) is 2.55. The Balaban J connectivity index is 1.67. The Morgan fingerprint density at radius 2 is 1.89 bits per heavy atom. The average molecular weight is 259 g/mol. The van der Waals surface area contributed by atoms with Gasteiger partial charge in [0, 0.05) is 18.5 Å². The maximum absolute atomic E-state index is 10.4. The van der Waals surface area contributed by atoms with E-state index in [-0.39, 0.29) is 11.5 Å². The summed E-state index contributed by atoms with van der Waals surface area (Å²) >= 11 is 0. The predicted molar refractivity (Wildman–Crippen MR) is 77.9 cm³/mol. The molecule has 19 heavy (non-hydrogen) atoms. The minimum absolute atomic E-state index is 0.0696. The Hall–Kier alpha value is -0.860. The summed E-state index contributed by atoms with van der Waals surface area (Å²) in [7, 11) is 0. The molecule has 0 aromatic heterocycles. The van der Waals surface area contributed by atoms with Crippen LogP contribution in [0.3, 0.4) is 0 Å². The van der Waals surface area contributed by atoms with Crippen LogP contribution < -0.4 is 0 Å². The van der Waals surface area contributed by atoms with Gasteiger partial charge in [-0.25, -0.2) is 0 Å². The Morgan fingerprint density at radius 3 is 2.68 bits per heavy atom. The Morgan fingerprint density at radius 1 is 1.11 bits per heavy atom. The molecular formula is C17H25NO. The van der Waals surface area contributed by atoms with Crippen molar-refractivity contribution >= 4 is 0 Å². The van der Waals surface area contributed by atoms with Gasteiger partial charge in [-0.05, 0) is 37.8 Å². The molecule has 1 aromatic carbocycles. The van der Waals surface area contributed by atoms with Crippen molar-refractivity contribution in [2.24, 2.45) is 5.41 Å². The molecule has 2 heteroatoms. The number of hydrogen-bond acceptors (Lipinski definition) is 2. The van der Waals surface area contributed by atoms with Crippen LogP contribution in [0.2, 0.25) is 0 Å². The quantitative estimate of drug-likeness (QED) is 0.881. The zero-order chi connectivity index (χ0) is 13.1. The molecular weight excluding hydrogens is 234 g/mol. The first-order valence-corrected chi connectivity index (χ1v) is 7.73. The molecule has 1 aliphatic carbocycles. The molecule has 1 aliphatic heterocycles. The summed E-state index contributed by atoms with van der Waals surface area (Å²) in [6.07, 6.45) is 7.14. The molecule has 1 saturated heterocycles. The topological polar surface area (TPSA) is 23.5 Å². The third kappa shape index (κ3) is 2.85. The van der Waals surface area contributed by atoms with Gasteiger partial charge < -0.3 is 5.11 Å². The van der Waals surface area contributed by atoms with Gasteiger partial charge in [-0.1, -0.05) is 43.2 Å². The molecule has 1 spiro atoms. The molecule has 1 aromatic rings. The van der Waals surface area contributed by atoms with E-state index in [0.29, 0.717) is 0 Å². The van der Waals surface area contributed by atoms with Gasteiger partial charge in [0.25, 0.3) is 0 Å². The zero-order valence-corrected chi connectivity index (χ0v) is 11.7. The molecule has 1 N–H and O–H groups in total. The number of rotatable bonds is 2. The number of likely N-dealkylation sites (tertiary alicyclic amines) is 1. The van der Waals surface area contributed by atoms with Crippen LogP contribution in [0.1, 0.15) is 44.1 Å². The molecule has 2 nitrogen and oxygen atoms in total. The van der Waals surface area contributed by atoms with Gasteiger partial charge in [-0.3, -0.25) is 4.90 Å². The highest BCUT2D eigenvalue weighted by Crippen LogP contribution is 2.43. The molecule has 2 aliphatic rings. The van der Waals surface area contributed by atoms with E-state index in [1.54, 1.807) is 0 Å². The monoisotopic (exact) mass is 259 g/mol. The van der Waals surface area contributed by atoms with Crippen molar-refractivity contribution in [1.82, 2.24) is 4.90 Å². The molecule has 0 unspecified atom stereocenters. The van der Waals surface area contributed by atoms with Crippen LogP contribution in [0.4, 0.5) is 0 Å². The Kier molecular flexibility index (Phi) is 3.90. The van der Waals surface area contributed by atoms with Crippen LogP contribution in [0.15, 0.2) is 30.3 Å². The summed E-state index contributed by atoms with van der Waals surface area (Å²) < 4.78 is 0. The summed E-state index contributed by atoms with van der Waals surface area (Å²) in [5.74, 6) is 0. The fourth-order valence-corrected chi connectivity index (χ4v) is 4.00. The highest BCUT2D eigenvalue weighted by molar-refractivity contribution is 5.14. The standard InChI is InChI=1S/C17H25NO/c19-16-9-4-5-10-17(16)11-6-12-18(14-17)13-15-7-2-1-3-8-15/h1-3,7-8,16,19H,4-6,9-14H2/t16-,17-/m0/s1. The highest BCUT2D eigenvalue weighted by Gasteiger charge is 2.42. The fourth-order valence-electron chi connectivity index (χ4n) is 4.00. The van der Waals surface area contributed by atoms with Crippen molar-refractivity contribution in [2.45, 2.75) is 51.2 Å². The van der Waals surface area contributed by atoms with E-state index in [4.69, 9.17) is 0 Å². The maximum atomic E-state index is 10.4. The highest BCUT2D eigenvalue weighted by atomic mass is 16.3. The maximum Gasteiger partial charge on any atom is 0.0608 e. The molecule has 0 radical (unpaired) electrons. The molecule has 1 saturated carbocycles. The first-order valence-electron chi connectivity index (χ1n) is 7.73. The van der Waals surface area contributed by atoms with Gasteiger partial charge >= 0.3 is 0 Å². The molecule has 3 rings (SSSR count). The largest absolute Gasteiger partial charge is 0.393 e. The van der Waals surface area contributed by atoms with E-state index < -0.39 is 0 Å². The van der Waals surface area contributed by atoms with Gasteiger partial charge in [0.05, 0.1) is 6.10 Å². The van der Waals surface area contributed by atoms with Crippen molar-refractivity contribution in [3.8, 4) is 0 Å². The molecule has 104 valence electrons. The normalized spacial score (nSPS) is 32.6.